The van der Waals surface area contributed by atoms with Gasteiger partial charge < -0.3 is 10.0 Å². The van der Waals surface area contributed by atoms with Crippen molar-refractivity contribution >= 4 is 24.3 Å². The van der Waals surface area contributed by atoms with Gasteiger partial charge in [0.2, 0.25) is 0 Å². The average Bonchev–Trinajstić information content (AvgIpc) is 2.45. The Kier molecular flexibility index (Phi) is 4.98. The molecule has 0 aliphatic carbocycles. The van der Waals surface area contributed by atoms with Crippen molar-refractivity contribution in [2.75, 3.05) is 0 Å². The highest BCUT2D eigenvalue weighted by Gasteiger charge is 2.29. The van der Waals surface area contributed by atoms with E-state index in [2.05, 4.69) is 0 Å². The minimum absolute atomic E-state index is 0.382. The first-order chi connectivity index (χ1) is 9.86. The van der Waals surface area contributed by atoms with Crippen LogP contribution >= 0.6 is 11.8 Å². The molecule has 0 aliphatic heterocycles. The molecule has 2 nitrogen and oxygen atoms in total. The minimum Gasteiger partial charge on any atom is -0.423 e. The van der Waals surface area contributed by atoms with Gasteiger partial charge in [0.1, 0.15) is 0 Å². The van der Waals surface area contributed by atoms with E-state index in [1.807, 2.05) is 0 Å². The molecule has 0 amide bonds. The van der Waals surface area contributed by atoms with Crippen molar-refractivity contribution < 1.29 is 23.2 Å². The maximum atomic E-state index is 12.4. The molecule has 0 radical (unpaired) electrons. The Balaban J connectivity index is 2.01. The van der Waals surface area contributed by atoms with E-state index in [4.69, 9.17) is 10.0 Å². The second kappa shape index (κ2) is 6.55. The van der Waals surface area contributed by atoms with E-state index in [-0.39, 0.29) is 0 Å². The van der Waals surface area contributed by atoms with Gasteiger partial charge in [-0.3, -0.25) is 0 Å². The molecule has 7 heteroatoms. The molecule has 21 heavy (non-hydrogen) atoms. The number of hydrogen-bond donors (Lipinski definition) is 2. The molecular weight excluding hydrogens is 300 g/mol. The second-order valence-corrected chi connectivity index (χ2v) is 5.48. The number of hydrogen-bond acceptors (Lipinski definition) is 3. The van der Waals surface area contributed by atoms with Crippen molar-refractivity contribution in [2.45, 2.75) is 16.8 Å². The molecule has 0 atom stereocenters. The minimum atomic E-state index is -4.32. The Morgan fingerprint density at radius 3 is 2.24 bits per heavy atom. The van der Waals surface area contributed by atoms with E-state index in [0.717, 1.165) is 22.6 Å². The fraction of sp³-hybridized carbons (Fsp3) is 0.143. The van der Waals surface area contributed by atoms with Crippen molar-refractivity contribution in [3.05, 3.63) is 59.7 Å². The smallest absolute Gasteiger partial charge is 0.423 e. The topological polar surface area (TPSA) is 40.5 Å². The zero-order chi connectivity index (χ0) is 15.5. The van der Waals surface area contributed by atoms with Crippen LogP contribution < -0.4 is 5.46 Å². The van der Waals surface area contributed by atoms with Gasteiger partial charge in [-0.15, -0.1) is 11.8 Å². The Morgan fingerprint density at radius 1 is 1.00 bits per heavy atom. The summed E-state index contributed by atoms with van der Waals surface area (Å²) < 4.78 is 37.3. The summed E-state index contributed by atoms with van der Waals surface area (Å²) in [5.41, 5.74) is 0.483. The standard InChI is InChI=1S/C14H12BF3O2S/c16-14(17,18)11-6-4-10(5-7-11)9-21-13-3-1-2-12(8-13)15(19)20/h1-8,19-20H,9H2. The third-order valence-electron chi connectivity index (χ3n) is 2.84. The van der Waals surface area contributed by atoms with Crippen molar-refractivity contribution in [1.29, 1.82) is 0 Å². The summed E-state index contributed by atoms with van der Waals surface area (Å²) in [7, 11) is -1.53. The van der Waals surface area contributed by atoms with Gasteiger partial charge in [0.15, 0.2) is 0 Å². The summed E-state index contributed by atoms with van der Waals surface area (Å²) in [6, 6.07) is 11.7. The summed E-state index contributed by atoms with van der Waals surface area (Å²) in [4.78, 5) is 0.820. The Hall–Kier alpha value is -1.44. The predicted octanol–water partition coefficient (Wildman–Crippen LogP) is 2.68. The van der Waals surface area contributed by atoms with Gasteiger partial charge >= 0.3 is 13.3 Å². The second-order valence-electron chi connectivity index (χ2n) is 4.43. The van der Waals surface area contributed by atoms with E-state index < -0.39 is 18.9 Å². The Labute approximate surface area is 124 Å². The fourth-order valence-electron chi connectivity index (χ4n) is 1.72. The predicted molar refractivity (Wildman–Crippen MR) is 77.3 cm³/mol. The molecular formula is C14H12BF3O2S. The first kappa shape index (κ1) is 15.9. The van der Waals surface area contributed by atoms with Gasteiger partial charge in [0.25, 0.3) is 0 Å². The summed E-state index contributed by atoms with van der Waals surface area (Å²) in [5, 5.41) is 18.2. The van der Waals surface area contributed by atoms with Crippen LogP contribution in [-0.4, -0.2) is 17.2 Å². The molecule has 0 heterocycles. The van der Waals surface area contributed by atoms with Crippen LogP contribution in [0, 0.1) is 0 Å². The first-order valence-electron chi connectivity index (χ1n) is 6.11. The Bertz CT molecular complexity index is 600. The Morgan fingerprint density at radius 2 is 1.67 bits per heavy atom. The largest absolute Gasteiger partial charge is 0.488 e. The molecule has 110 valence electrons. The molecule has 2 rings (SSSR count). The normalized spacial score (nSPS) is 11.5. The lowest BCUT2D eigenvalue weighted by molar-refractivity contribution is -0.137. The summed E-state index contributed by atoms with van der Waals surface area (Å²) in [6.07, 6.45) is -4.32. The number of thioether (sulfide) groups is 1. The number of halogens is 3. The molecule has 2 aromatic rings. The molecule has 2 N–H and O–H groups in total. The van der Waals surface area contributed by atoms with Crippen LogP contribution in [0.15, 0.2) is 53.4 Å². The van der Waals surface area contributed by atoms with E-state index in [1.54, 1.807) is 24.3 Å². The van der Waals surface area contributed by atoms with E-state index in [0.29, 0.717) is 11.2 Å². The van der Waals surface area contributed by atoms with Gasteiger partial charge in [0, 0.05) is 10.6 Å². The first-order valence-corrected chi connectivity index (χ1v) is 7.10. The van der Waals surface area contributed by atoms with E-state index in [1.165, 1.54) is 23.9 Å². The van der Waals surface area contributed by atoms with Crippen LogP contribution in [0.4, 0.5) is 13.2 Å². The van der Waals surface area contributed by atoms with Crippen LogP contribution in [0.1, 0.15) is 11.1 Å². The van der Waals surface area contributed by atoms with Gasteiger partial charge in [-0.2, -0.15) is 13.2 Å². The lowest BCUT2D eigenvalue weighted by Crippen LogP contribution is -2.29. The van der Waals surface area contributed by atoms with Crippen LogP contribution in [-0.2, 0) is 11.9 Å². The lowest BCUT2D eigenvalue weighted by Gasteiger charge is -2.08. The summed E-state index contributed by atoms with van der Waals surface area (Å²) in [6.45, 7) is 0. The van der Waals surface area contributed by atoms with Crippen LogP contribution in [0.3, 0.4) is 0 Å². The molecule has 0 fully saturated rings. The lowest BCUT2D eigenvalue weighted by atomic mass is 9.80. The highest BCUT2D eigenvalue weighted by molar-refractivity contribution is 7.98. The molecule has 0 bridgehead atoms. The average molecular weight is 312 g/mol. The third-order valence-corrected chi connectivity index (χ3v) is 3.91. The van der Waals surface area contributed by atoms with Crippen LogP contribution in [0.5, 0.6) is 0 Å². The van der Waals surface area contributed by atoms with E-state index >= 15 is 0 Å². The monoisotopic (exact) mass is 312 g/mol. The maximum Gasteiger partial charge on any atom is 0.488 e. The molecule has 0 aromatic heterocycles. The summed E-state index contributed by atoms with van der Waals surface area (Å²) in [5.74, 6) is 0.503. The molecule has 0 saturated carbocycles. The number of alkyl halides is 3. The fourth-order valence-corrected chi connectivity index (χ4v) is 2.64. The quantitative estimate of drug-likeness (QED) is 0.674. The zero-order valence-corrected chi connectivity index (χ0v) is 11.7. The highest BCUT2D eigenvalue weighted by Crippen LogP contribution is 2.30. The molecule has 0 aliphatic rings. The highest BCUT2D eigenvalue weighted by atomic mass is 32.2. The van der Waals surface area contributed by atoms with Gasteiger partial charge in [-0.1, -0.05) is 24.3 Å². The van der Waals surface area contributed by atoms with E-state index in [9.17, 15) is 13.2 Å². The van der Waals surface area contributed by atoms with Gasteiger partial charge in [-0.05, 0) is 35.3 Å². The van der Waals surface area contributed by atoms with Crippen molar-refractivity contribution in [1.82, 2.24) is 0 Å². The van der Waals surface area contributed by atoms with Crippen LogP contribution in [0.2, 0.25) is 0 Å². The zero-order valence-electron chi connectivity index (χ0n) is 10.8. The van der Waals surface area contributed by atoms with Crippen LogP contribution in [0.25, 0.3) is 0 Å². The molecule has 0 saturated heterocycles. The van der Waals surface area contributed by atoms with Crippen molar-refractivity contribution in [3.8, 4) is 0 Å². The van der Waals surface area contributed by atoms with Gasteiger partial charge in [0.05, 0.1) is 5.56 Å². The molecule has 2 aromatic carbocycles. The number of benzene rings is 2. The molecule has 0 unspecified atom stereocenters. The SMILES string of the molecule is OB(O)c1cccc(SCc2ccc(C(F)(F)F)cc2)c1. The third kappa shape index (κ3) is 4.52. The van der Waals surface area contributed by atoms with Crippen molar-refractivity contribution in [3.63, 3.8) is 0 Å². The maximum absolute atomic E-state index is 12.4. The summed E-state index contributed by atoms with van der Waals surface area (Å²) >= 11 is 1.41. The van der Waals surface area contributed by atoms with Crippen molar-refractivity contribution in [2.24, 2.45) is 0 Å². The number of rotatable bonds is 4. The van der Waals surface area contributed by atoms with Gasteiger partial charge in [-0.25, -0.2) is 0 Å². The molecule has 0 spiro atoms.